The van der Waals surface area contributed by atoms with Gasteiger partial charge in [0.15, 0.2) is 5.69 Å². The van der Waals surface area contributed by atoms with Gasteiger partial charge in [0.1, 0.15) is 5.82 Å². The van der Waals surface area contributed by atoms with Crippen LogP contribution >= 0.6 is 11.6 Å². The van der Waals surface area contributed by atoms with Gasteiger partial charge in [-0.15, -0.1) is 0 Å². The number of nitrogens with zero attached hydrogens (tertiary/aromatic N) is 2. The molecule has 1 aliphatic rings. The number of fused-ring (bicyclic) bond motifs is 1. The minimum atomic E-state index is -1.11. The van der Waals surface area contributed by atoms with Gasteiger partial charge in [-0.3, -0.25) is 0 Å². The number of benzene rings is 1. The van der Waals surface area contributed by atoms with E-state index in [4.69, 9.17) is 11.6 Å². The summed E-state index contributed by atoms with van der Waals surface area (Å²) in [6.45, 7) is 2.99. The van der Waals surface area contributed by atoms with Gasteiger partial charge in [0.05, 0.1) is 5.02 Å². The van der Waals surface area contributed by atoms with Crippen molar-refractivity contribution in [3.63, 3.8) is 0 Å². The van der Waals surface area contributed by atoms with Crippen LogP contribution in [0, 0.1) is 5.92 Å². The van der Waals surface area contributed by atoms with Gasteiger partial charge in [0.25, 0.3) is 0 Å². The van der Waals surface area contributed by atoms with Crippen LogP contribution < -0.4 is 4.90 Å². The van der Waals surface area contributed by atoms with Crippen LogP contribution in [0.3, 0.4) is 0 Å². The monoisotopic (exact) mass is 302 g/mol. The lowest BCUT2D eigenvalue weighted by Crippen LogP contribution is -2.31. The van der Waals surface area contributed by atoms with E-state index in [-0.39, 0.29) is 10.7 Å². The Morgan fingerprint density at radius 3 is 2.86 bits per heavy atom. The Balaban J connectivity index is 2.08. The van der Waals surface area contributed by atoms with E-state index in [2.05, 4.69) is 22.9 Å². The number of hydrogen-bond acceptors (Lipinski definition) is 3. The Kier molecular flexibility index (Phi) is 3.55. The zero-order valence-corrected chi connectivity index (χ0v) is 12.3. The average Bonchev–Trinajstić information content (AvgIpc) is 2.46. The molecule has 1 aromatic carbocycles. The van der Waals surface area contributed by atoms with Crippen LogP contribution in [0.4, 0.5) is 11.5 Å². The van der Waals surface area contributed by atoms with E-state index < -0.39 is 5.97 Å². The maximum absolute atomic E-state index is 11.2. The van der Waals surface area contributed by atoms with E-state index in [0.29, 0.717) is 11.7 Å². The summed E-state index contributed by atoms with van der Waals surface area (Å²) in [6.07, 6.45) is 1.02. The van der Waals surface area contributed by atoms with Crippen LogP contribution in [0.25, 0.3) is 0 Å². The van der Waals surface area contributed by atoms with Crippen molar-refractivity contribution in [2.45, 2.75) is 13.3 Å². The maximum atomic E-state index is 11.2. The minimum absolute atomic E-state index is 0.107. The Labute approximate surface area is 128 Å². The van der Waals surface area contributed by atoms with Gasteiger partial charge in [0, 0.05) is 12.2 Å². The third-order valence-electron chi connectivity index (χ3n) is 3.66. The third-order valence-corrected chi connectivity index (χ3v) is 3.96. The summed E-state index contributed by atoms with van der Waals surface area (Å²) >= 11 is 5.90. The first-order valence-corrected chi connectivity index (χ1v) is 7.19. The predicted octanol–water partition coefficient (Wildman–Crippen LogP) is 3.76. The van der Waals surface area contributed by atoms with Crippen LogP contribution in [-0.2, 0) is 6.42 Å². The van der Waals surface area contributed by atoms with Gasteiger partial charge >= 0.3 is 5.97 Å². The molecule has 4 nitrogen and oxygen atoms in total. The quantitative estimate of drug-likeness (QED) is 0.917. The topological polar surface area (TPSA) is 53.4 Å². The molecule has 0 saturated carbocycles. The maximum Gasteiger partial charge on any atom is 0.356 e. The van der Waals surface area contributed by atoms with Crippen LogP contribution in [0.1, 0.15) is 23.0 Å². The summed E-state index contributed by atoms with van der Waals surface area (Å²) in [4.78, 5) is 17.5. The number of para-hydroxylation sites is 1. The summed E-state index contributed by atoms with van der Waals surface area (Å²) in [5, 5.41) is 9.33. The normalized spacial score (nSPS) is 17.4. The second-order valence-corrected chi connectivity index (χ2v) is 5.76. The molecule has 0 radical (unpaired) electrons. The lowest BCUT2D eigenvalue weighted by Gasteiger charge is -2.34. The summed E-state index contributed by atoms with van der Waals surface area (Å²) < 4.78 is 0. The lowest BCUT2D eigenvalue weighted by molar-refractivity contribution is 0.0691. The van der Waals surface area contributed by atoms with E-state index in [0.717, 1.165) is 18.7 Å². The molecule has 2 heterocycles. The first-order valence-electron chi connectivity index (χ1n) is 6.81. The second-order valence-electron chi connectivity index (χ2n) is 5.35. The van der Waals surface area contributed by atoms with Crippen molar-refractivity contribution in [3.05, 3.63) is 52.7 Å². The first-order chi connectivity index (χ1) is 10.1. The van der Waals surface area contributed by atoms with Crippen molar-refractivity contribution in [1.82, 2.24) is 4.98 Å². The third kappa shape index (κ3) is 2.59. The Morgan fingerprint density at radius 1 is 1.33 bits per heavy atom. The molecule has 1 aliphatic heterocycles. The molecule has 1 N–H and O–H groups in total. The van der Waals surface area contributed by atoms with Crippen LogP contribution in [0.2, 0.25) is 5.02 Å². The fraction of sp³-hybridized carbons (Fsp3) is 0.250. The highest BCUT2D eigenvalue weighted by atomic mass is 35.5. The summed E-state index contributed by atoms with van der Waals surface area (Å²) in [6, 6.07) is 11.5. The molecule has 0 spiro atoms. The summed E-state index contributed by atoms with van der Waals surface area (Å²) in [5.74, 6) is -0.0124. The summed E-state index contributed by atoms with van der Waals surface area (Å²) in [7, 11) is 0. The fourth-order valence-corrected chi connectivity index (χ4v) is 2.93. The molecule has 0 amide bonds. The average molecular weight is 303 g/mol. The van der Waals surface area contributed by atoms with E-state index >= 15 is 0 Å². The van der Waals surface area contributed by atoms with Crippen LogP contribution in [0.15, 0.2) is 36.4 Å². The molecule has 2 aromatic rings. The van der Waals surface area contributed by atoms with Gasteiger partial charge in [-0.25, -0.2) is 9.78 Å². The SMILES string of the molecule is CC1Cc2ccccc2N(c2ccc(Cl)c(C(=O)O)n2)C1. The highest BCUT2D eigenvalue weighted by molar-refractivity contribution is 6.33. The second kappa shape index (κ2) is 5.37. The van der Waals surface area contributed by atoms with Gasteiger partial charge in [-0.05, 0) is 36.1 Å². The van der Waals surface area contributed by atoms with Crippen molar-refractivity contribution < 1.29 is 9.90 Å². The number of anilines is 2. The van der Waals surface area contributed by atoms with Crippen molar-refractivity contribution >= 4 is 29.1 Å². The number of pyridine rings is 1. The predicted molar refractivity (Wildman–Crippen MR) is 82.5 cm³/mol. The van der Waals surface area contributed by atoms with Crippen molar-refractivity contribution in [2.24, 2.45) is 5.92 Å². The number of carbonyl (C=O) groups is 1. The molecule has 0 fully saturated rings. The first kappa shape index (κ1) is 13.9. The van der Waals surface area contributed by atoms with Gasteiger partial charge in [-0.1, -0.05) is 36.7 Å². The van der Waals surface area contributed by atoms with Gasteiger partial charge in [-0.2, -0.15) is 0 Å². The molecule has 0 saturated heterocycles. The van der Waals surface area contributed by atoms with Gasteiger partial charge < -0.3 is 10.0 Å². The zero-order chi connectivity index (χ0) is 15.0. The molecule has 21 heavy (non-hydrogen) atoms. The van der Waals surface area contributed by atoms with Crippen LogP contribution in [0.5, 0.6) is 0 Å². The minimum Gasteiger partial charge on any atom is -0.476 e. The van der Waals surface area contributed by atoms with Crippen molar-refractivity contribution in [1.29, 1.82) is 0 Å². The Bertz CT molecular complexity index is 702. The highest BCUT2D eigenvalue weighted by Crippen LogP contribution is 2.35. The molecular formula is C16H15ClN2O2. The molecule has 0 bridgehead atoms. The number of hydrogen-bond donors (Lipinski definition) is 1. The highest BCUT2D eigenvalue weighted by Gasteiger charge is 2.24. The Hall–Kier alpha value is -2.07. The molecule has 1 unspecified atom stereocenters. The largest absolute Gasteiger partial charge is 0.476 e. The number of rotatable bonds is 2. The van der Waals surface area contributed by atoms with Crippen LogP contribution in [-0.4, -0.2) is 22.6 Å². The van der Waals surface area contributed by atoms with E-state index in [9.17, 15) is 9.90 Å². The van der Waals surface area contributed by atoms with E-state index in [1.54, 1.807) is 12.1 Å². The number of carboxylic acids is 1. The zero-order valence-electron chi connectivity index (χ0n) is 11.6. The number of aromatic nitrogens is 1. The lowest BCUT2D eigenvalue weighted by atomic mass is 9.94. The molecule has 5 heteroatoms. The summed E-state index contributed by atoms with van der Waals surface area (Å²) in [5.41, 5.74) is 2.23. The molecular weight excluding hydrogens is 288 g/mol. The molecule has 108 valence electrons. The molecule has 3 rings (SSSR count). The molecule has 1 aromatic heterocycles. The smallest absolute Gasteiger partial charge is 0.356 e. The molecule has 1 atom stereocenters. The van der Waals surface area contributed by atoms with E-state index in [1.807, 2.05) is 18.2 Å². The van der Waals surface area contributed by atoms with Crippen molar-refractivity contribution in [2.75, 3.05) is 11.4 Å². The molecule has 0 aliphatic carbocycles. The standard InChI is InChI=1S/C16H15ClN2O2/c1-10-8-11-4-2-3-5-13(11)19(9-10)14-7-6-12(17)15(18-14)16(20)21/h2-7,10H,8-9H2,1H3,(H,20,21). The Morgan fingerprint density at radius 2 is 2.10 bits per heavy atom. The number of carboxylic acid groups (broad SMARTS) is 1. The number of halogens is 1. The van der Waals surface area contributed by atoms with Crippen molar-refractivity contribution in [3.8, 4) is 0 Å². The number of aromatic carboxylic acids is 1. The van der Waals surface area contributed by atoms with E-state index in [1.165, 1.54) is 5.56 Å². The fourth-order valence-electron chi connectivity index (χ4n) is 2.75. The van der Waals surface area contributed by atoms with Gasteiger partial charge in [0.2, 0.25) is 0 Å².